The molecule has 174 valence electrons. The molecule has 0 spiro atoms. The molecule has 2 fully saturated rings. The standard InChI is InChI=1S/C20H27F3N4O3.HI/c1-19(2,3)30-18(28)27-10-8-26(9-11-27)17(24)25-15-12-14(15)13-6-4-5-7-16(13)29-20(21,22)23;/h4-7,14-15H,8-12H2,1-3H3,(H2,24,25);1H. The molecule has 3 rings (SSSR count). The van der Waals surface area contributed by atoms with Crippen LogP contribution >= 0.6 is 24.0 Å². The summed E-state index contributed by atoms with van der Waals surface area (Å²) in [4.78, 5) is 20.1. The number of rotatable bonds is 3. The van der Waals surface area contributed by atoms with E-state index >= 15 is 0 Å². The molecule has 1 aromatic carbocycles. The van der Waals surface area contributed by atoms with Gasteiger partial charge < -0.3 is 25.0 Å². The average molecular weight is 556 g/mol. The Morgan fingerprint density at radius 3 is 2.26 bits per heavy atom. The summed E-state index contributed by atoms with van der Waals surface area (Å²) >= 11 is 0. The van der Waals surface area contributed by atoms with Crippen molar-refractivity contribution in [3.63, 3.8) is 0 Å². The van der Waals surface area contributed by atoms with Crippen molar-refractivity contribution < 1.29 is 27.4 Å². The number of piperazine rings is 1. The lowest BCUT2D eigenvalue weighted by atomic mass is 10.1. The van der Waals surface area contributed by atoms with Crippen molar-refractivity contribution in [3.05, 3.63) is 29.8 Å². The van der Waals surface area contributed by atoms with Gasteiger partial charge in [-0.15, -0.1) is 37.1 Å². The smallest absolute Gasteiger partial charge is 0.444 e. The van der Waals surface area contributed by atoms with E-state index < -0.39 is 12.0 Å². The van der Waals surface area contributed by atoms with Gasteiger partial charge in [0.1, 0.15) is 11.4 Å². The van der Waals surface area contributed by atoms with Gasteiger partial charge in [0.15, 0.2) is 5.96 Å². The lowest BCUT2D eigenvalue weighted by Gasteiger charge is -2.36. The molecule has 11 heteroatoms. The van der Waals surface area contributed by atoms with Crippen LogP contribution in [-0.4, -0.2) is 66.0 Å². The minimum atomic E-state index is -4.74. The number of nitrogens with zero attached hydrogens (tertiary/aromatic N) is 3. The molecule has 1 aromatic rings. The second-order valence-electron chi connectivity index (χ2n) is 8.44. The Balaban J connectivity index is 0.00000341. The Hall–Kier alpha value is -1.92. The van der Waals surface area contributed by atoms with Gasteiger partial charge in [-0.1, -0.05) is 18.2 Å². The molecule has 1 aliphatic carbocycles. The van der Waals surface area contributed by atoms with Crippen LogP contribution in [0.3, 0.4) is 0 Å². The fourth-order valence-corrected chi connectivity index (χ4v) is 3.36. The predicted molar refractivity (Wildman–Crippen MR) is 121 cm³/mol. The highest BCUT2D eigenvalue weighted by Crippen LogP contribution is 2.47. The van der Waals surface area contributed by atoms with Gasteiger partial charge in [-0.3, -0.25) is 0 Å². The predicted octanol–water partition coefficient (Wildman–Crippen LogP) is 3.93. The number of alkyl halides is 3. The number of benzene rings is 1. The van der Waals surface area contributed by atoms with Crippen molar-refractivity contribution in [3.8, 4) is 5.75 Å². The van der Waals surface area contributed by atoms with Crippen molar-refractivity contribution in [1.29, 1.82) is 0 Å². The molecule has 0 bridgehead atoms. The molecule has 1 amide bonds. The van der Waals surface area contributed by atoms with E-state index in [1.807, 2.05) is 25.7 Å². The minimum absolute atomic E-state index is 0. The quantitative estimate of drug-likeness (QED) is 0.347. The van der Waals surface area contributed by atoms with Gasteiger partial charge in [-0.05, 0) is 38.8 Å². The second-order valence-corrected chi connectivity index (χ2v) is 8.44. The first-order chi connectivity index (χ1) is 13.9. The summed E-state index contributed by atoms with van der Waals surface area (Å²) in [7, 11) is 0. The van der Waals surface area contributed by atoms with Crippen LogP contribution in [0.2, 0.25) is 0 Å². The highest BCUT2D eigenvalue weighted by Gasteiger charge is 2.42. The highest BCUT2D eigenvalue weighted by atomic mass is 127. The molecule has 1 aliphatic heterocycles. The molecule has 2 N–H and O–H groups in total. The Bertz CT molecular complexity index is 806. The van der Waals surface area contributed by atoms with E-state index in [1.165, 1.54) is 12.1 Å². The van der Waals surface area contributed by atoms with Crippen LogP contribution in [0.25, 0.3) is 0 Å². The molecule has 0 radical (unpaired) electrons. The lowest BCUT2D eigenvalue weighted by molar-refractivity contribution is -0.274. The summed E-state index contributed by atoms with van der Waals surface area (Å²) in [5, 5.41) is 0. The summed E-state index contributed by atoms with van der Waals surface area (Å²) in [6.07, 6.45) is -4.49. The number of hydrogen-bond donors (Lipinski definition) is 1. The Kier molecular flexibility index (Phi) is 7.93. The van der Waals surface area contributed by atoms with E-state index in [1.54, 1.807) is 17.0 Å². The van der Waals surface area contributed by atoms with Crippen LogP contribution in [0.15, 0.2) is 29.3 Å². The number of guanidine groups is 1. The minimum Gasteiger partial charge on any atom is -0.444 e. The number of carbonyl (C=O) groups excluding carboxylic acids is 1. The molecule has 31 heavy (non-hydrogen) atoms. The third-order valence-corrected chi connectivity index (χ3v) is 4.85. The van der Waals surface area contributed by atoms with Gasteiger partial charge in [0, 0.05) is 32.1 Å². The van der Waals surface area contributed by atoms with Crippen molar-refractivity contribution in [2.45, 2.75) is 51.1 Å². The summed E-state index contributed by atoms with van der Waals surface area (Å²) in [6, 6.07) is 5.92. The zero-order valence-corrected chi connectivity index (χ0v) is 20.0. The van der Waals surface area contributed by atoms with Gasteiger partial charge in [-0.25, -0.2) is 9.79 Å². The molecule has 0 aromatic heterocycles. The van der Waals surface area contributed by atoms with Crippen LogP contribution in [0.5, 0.6) is 5.75 Å². The van der Waals surface area contributed by atoms with Gasteiger partial charge in [-0.2, -0.15) is 0 Å². The number of aliphatic imine (C=N–C) groups is 1. The van der Waals surface area contributed by atoms with E-state index in [9.17, 15) is 18.0 Å². The average Bonchev–Trinajstić information content (AvgIpc) is 3.38. The van der Waals surface area contributed by atoms with Crippen LogP contribution in [0.1, 0.15) is 38.7 Å². The number of carbonyl (C=O) groups is 1. The number of nitrogens with two attached hydrogens (primary N) is 1. The molecule has 2 aliphatic rings. The van der Waals surface area contributed by atoms with Crippen LogP contribution < -0.4 is 10.5 Å². The molecule has 2 unspecified atom stereocenters. The Labute approximate surface area is 196 Å². The summed E-state index contributed by atoms with van der Waals surface area (Å²) in [6.45, 7) is 7.39. The first-order valence-corrected chi connectivity index (χ1v) is 9.84. The fourth-order valence-electron chi connectivity index (χ4n) is 3.36. The first kappa shape index (κ1) is 25.3. The molecule has 2 atom stereocenters. The first-order valence-electron chi connectivity index (χ1n) is 9.84. The second kappa shape index (κ2) is 9.70. The largest absolute Gasteiger partial charge is 0.573 e. The maximum atomic E-state index is 12.6. The van der Waals surface area contributed by atoms with E-state index in [-0.39, 0.29) is 47.8 Å². The van der Waals surface area contributed by atoms with Gasteiger partial charge in [0.2, 0.25) is 0 Å². The normalized spacial score (nSPS) is 21.9. The fraction of sp³-hybridized carbons (Fsp3) is 0.600. The van der Waals surface area contributed by atoms with Crippen LogP contribution in [0, 0.1) is 0 Å². The molecule has 1 heterocycles. The third-order valence-electron chi connectivity index (χ3n) is 4.85. The maximum Gasteiger partial charge on any atom is 0.573 e. The number of halogens is 4. The van der Waals surface area contributed by atoms with E-state index in [0.29, 0.717) is 44.1 Å². The Morgan fingerprint density at radius 2 is 1.68 bits per heavy atom. The Morgan fingerprint density at radius 1 is 1.10 bits per heavy atom. The number of para-hydroxylation sites is 1. The van der Waals surface area contributed by atoms with Crippen LogP contribution in [-0.2, 0) is 4.74 Å². The molecular formula is C20H28F3IN4O3. The van der Waals surface area contributed by atoms with Crippen molar-refractivity contribution >= 4 is 36.0 Å². The number of amides is 1. The lowest BCUT2D eigenvalue weighted by Crippen LogP contribution is -2.53. The summed E-state index contributed by atoms with van der Waals surface area (Å²) in [5.74, 6) is -0.0250. The third kappa shape index (κ3) is 7.32. The van der Waals surface area contributed by atoms with Crippen molar-refractivity contribution in [2.24, 2.45) is 10.7 Å². The maximum absolute atomic E-state index is 12.6. The summed E-state index contributed by atoms with van der Waals surface area (Å²) < 4.78 is 47.4. The molecule has 7 nitrogen and oxygen atoms in total. The van der Waals surface area contributed by atoms with Gasteiger partial charge in [0.25, 0.3) is 0 Å². The van der Waals surface area contributed by atoms with E-state index in [0.717, 1.165) is 0 Å². The zero-order valence-electron chi connectivity index (χ0n) is 17.7. The highest BCUT2D eigenvalue weighted by molar-refractivity contribution is 14.0. The van der Waals surface area contributed by atoms with E-state index in [4.69, 9.17) is 10.5 Å². The van der Waals surface area contributed by atoms with Gasteiger partial charge >= 0.3 is 12.5 Å². The van der Waals surface area contributed by atoms with E-state index in [2.05, 4.69) is 9.73 Å². The summed E-state index contributed by atoms with van der Waals surface area (Å²) in [5.41, 5.74) is 6.05. The SMILES string of the molecule is CC(C)(C)OC(=O)N1CCN(C(N)=NC2CC2c2ccccc2OC(F)(F)F)CC1.I. The number of hydrogen-bond acceptors (Lipinski definition) is 4. The van der Waals surface area contributed by atoms with Crippen molar-refractivity contribution in [2.75, 3.05) is 26.2 Å². The number of ether oxygens (including phenoxy) is 2. The molecule has 1 saturated carbocycles. The zero-order chi connectivity index (χ0) is 22.1. The topological polar surface area (TPSA) is 80.4 Å². The monoisotopic (exact) mass is 556 g/mol. The molecular weight excluding hydrogens is 528 g/mol. The molecule has 1 saturated heterocycles. The van der Waals surface area contributed by atoms with Gasteiger partial charge in [0.05, 0.1) is 6.04 Å². The van der Waals surface area contributed by atoms with Crippen LogP contribution in [0.4, 0.5) is 18.0 Å². The van der Waals surface area contributed by atoms with Crippen molar-refractivity contribution in [1.82, 2.24) is 9.80 Å².